The number of ketones is 2. The average molecular weight is 323 g/mol. The van der Waals surface area contributed by atoms with Crippen LogP contribution in [0.4, 0.5) is 5.69 Å². The van der Waals surface area contributed by atoms with Crippen LogP contribution in [-0.4, -0.2) is 30.6 Å². The molecule has 1 aliphatic rings. The van der Waals surface area contributed by atoms with Gasteiger partial charge < -0.3 is 9.64 Å². The summed E-state index contributed by atoms with van der Waals surface area (Å²) in [6.45, 7) is 2.65. The third kappa shape index (κ3) is 2.93. The summed E-state index contributed by atoms with van der Waals surface area (Å²) in [4.78, 5) is 37.7. The van der Waals surface area contributed by atoms with Gasteiger partial charge in [-0.25, -0.2) is 0 Å². The van der Waals surface area contributed by atoms with Gasteiger partial charge in [0.2, 0.25) is 0 Å². The van der Waals surface area contributed by atoms with E-state index in [0.717, 1.165) is 0 Å². The fourth-order valence-corrected chi connectivity index (χ4v) is 2.73. The Morgan fingerprint density at radius 1 is 1.04 bits per heavy atom. The second kappa shape index (κ2) is 6.66. The highest BCUT2D eigenvalue weighted by Gasteiger charge is 2.35. The Morgan fingerprint density at radius 2 is 1.75 bits per heavy atom. The maximum Gasteiger partial charge on any atom is 0.299 e. The number of hydrogen-bond acceptors (Lipinski definition) is 4. The largest absolute Gasteiger partial charge is 0.494 e. The van der Waals surface area contributed by atoms with Crippen molar-refractivity contribution in [2.24, 2.45) is 0 Å². The normalized spacial score (nSPS) is 13.1. The van der Waals surface area contributed by atoms with Crippen LogP contribution < -0.4 is 9.64 Å². The molecule has 24 heavy (non-hydrogen) atoms. The zero-order valence-electron chi connectivity index (χ0n) is 13.3. The van der Waals surface area contributed by atoms with Gasteiger partial charge in [0.25, 0.3) is 11.7 Å². The summed E-state index contributed by atoms with van der Waals surface area (Å²) in [5.74, 6) is -0.458. The monoisotopic (exact) mass is 323 g/mol. The van der Waals surface area contributed by atoms with Crippen LogP contribution in [0.5, 0.6) is 5.75 Å². The van der Waals surface area contributed by atoms with Gasteiger partial charge in [-0.15, -0.1) is 0 Å². The summed E-state index contributed by atoms with van der Waals surface area (Å²) in [5.41, 5.74) is 1.53. The molecule has 1 aliphatic heterocycles. The Balaban J connectivity index is 1.68. The summed E-state index contributed by atoms with van der Waals surface area (Å²) >= 11 is 0. The standard InChI is InChI=1S/C19H17NO4/c1-2-24-14-9-7-13(8-10-14)17(21)11-12-20-16-6-4-3-5-15(16)18(22)19(20)23/h3-10H,2,11-12H2,1H3. The van der Waals surface area contributed by atoms with Gasteiger partial charge in [0.15, 0.2) is 5.78 Å². The van der Waals surface area contributed by atoms with Crippen molar-refractivity contribution in [1.29, 1.82) is 0 Å². The molecule has 0 aromatic heterocycles. The van der Waals surface area contributed by atoms with Gasteiger partial charge in [-0.1, -0.05) is 12.1 Å². The predicted octanol–water partition coefficient (Wildman–Crippen LogP) is 2.89. The lowest BCUT2D eigenvalue weighted by Crippen LogP contribution is -2.31. The number of hydrogen-bond donors (Lipinski definition) is 0. The molecule has 0 radical (unpaired) electrons. The molecule has 0 saturated heterocycles. The fourth-order valence-electron chi connectivity index (χ4n) is 2.73. The van der Waals surface area contributed by atoms with E-state index in [4.69, 9.17) is 4.74 Å². The predicted molar refractivity (Wildman–Crippen MR) is 89.7 cm³/mol. The van der Waals surface area contributed by atoms with Gasteiger partial charge in [-0.3, -0.25) is 14.4 Å². The molecule has 5 heteroatoms. The number of benzene rings is 2. The number of carbonyl (C=O) groups is 3. The third-order valence-corrected chi connectivity index (χ3v) is 3.93. The number of para-hydroxylation sites is 1. The van der Waals surface area contributed by atoms with Crippen molar-refractivity contribution >= 4 is 23.2 Å². The van der Waals surface area contributed by atoms with Gasteiger partial charge in [0, 0.05) is 18.5 Å². The van der Waals surface area contributed by atoms with Crippen molar-refractivity contribution < 1.29 is 19.1 Å². The molecule has 0 spiro atoms. The molecule has 2 aromatic rings. The number of amides is 1. The maximum absolute atomic E-state index is 12.3. The molecule has 0 aliphatic carbocycles. The van der Waals surface area contributed by atoms with Crippen LogP contribution in [0, 0.1) is 0 Å². The van der Waals surface area contributed by atoms with E-state index in [-0.39, 0.29) is 18.7 Å². The topological polar surface area (TPSA) is 63.7 Å². The Morgan fingerprint density at radius 3 is 2.46 bits per heavy atom. The number of ether oxygens (including phenoxy) is 1. The summed E-state index contributed by atoms with van der Waals surface area (Å²) in [7, 11) is 0. The molecule has 5 nitrogen and oxygen atoms in total. The number of fused-ring (bicyclic) bond motifs is 1. The molecule has 0 bridgehead atoms. The summed E-state index contributed by atoms with van der Waals surface area (Å²) in [6, 6.07) is 13.7. The zero-order valence-corrected chi connectivity index (χ0v) is 13.3. The van der Waals surface area contributed by atoms with Crippen molar-refractivity contribution in [3.8, 4) is 5.75 Å². The van der Waals surface area contributed by atoms with Crippen molar-refractivity contribution in [1.82, 2.24) is 0 Å². The van der Waals surface area contributed by atoms with Crippen molar-refractivity contribution in [3.63, 3.8) is 0 Å². The maximum atomic E-state index is 12.3. The number of anilines is 1. The first kappa shape index (κ1) is 15.9. The molecule has 0 fully saturated rings. The molecule has 2 aromatic carbocycles. The second-order valence-electron chi connectivity index (χ2n) is 5.43. The highest BCUT2D eigenvalue weighted by Crippen LogP contribution is 2.28. The summed E-state index contributed by atoms with van der Waals surface area (Å²) in [5, 5.41) is 0. The first-order valence-corrected chi connectivity index (χ1v) is 7.83. The van der Waals surface area contributed by atoms with Crippen molar-refractivity contribution in [2.45, 2.75) is 13.3 Å². The highest BCUT2D eigenvalue weighted by atomic mass is 16.5. The number of rotatable bonds is 6. The number of nitrogens with zero attached hydrogens (tertiary/aromatic N) is 1. The minimum absolute atomic E-state index is 0.0809. The summed E-state index contributed by atoms with van der Waals surface area (Å²) < 4.78 is 5.35. The third-order valence-electron chi connectivity index (χ3n) is 3.93. The van der Waals surface area contributed by atoms with Crippen molar-refractivity contribution in [2.75, 3.05) is 18.1 Å². The highest BCUT2D eigenvalue weighted by molar-refractivity contribution is 6.52. The lowest BCUT2D eigenvalue weighted by Gasteiger charge is -2.15. The summed E-state index contributed by atoms with van der Waals surface area (Å²) in [6.07, 6.45) is 0.154. The van der Waals surface area contributed by atoms with Crippen LogP contribution >= 0.6 is 0 Å². The van der Waals surface area contributed by atoms with E-state index < -0.39 is 11.7 Å². The molecule has 1 amide bonds. The fraction of sp³-hybridized carbons (Fsp3) is 0.211. The Kier molecular flexibility index (Phi) is 4.42. The van der Waals surface area contributed by atoms with E-state index in [9.17, 15) is 14.4 Å². The lowest BCUT2D eigenvalue weighted by molar-refractivity contribution is -0.114. The number of Topliss-reactive ketones (excluding diaryl/α,β-unsaturated/α-hetero) is 2. The Labute approximate surface area is 139 Å². The van der Waals surface area contributed by atoms with E-state index in [1.165, 1.54) is 4.90 Å². The van der Waals surface area contributed by atoms with E-state index >= 15 is 0 Å². The van der Waals surface area contributed by atoms with E-state index in [0.29, 0.717) is 29.2 Å². The van der Waals surface area contributed by atoms with Gasteiger partial charge in [-0.05, 0) is 43.3 Å². The smallest absolute Gasteiger partial charge is 0.299 e. The van der Waals surface area contributed by atoms with E-state index in [1.807, 2.05) is 6.92 Å². The van der Waals surface area contributed by atoms with Gasteiger partial charge >= 0.3 is 0 Å². The Bertz CT molecular complexity index is 795. The molecule has 0 atom stereocenters. The molecule has 1 heterocycles. The minimum Gasteiger partial charge on any atom is -0.494 e. The van der Waals surface area contributed by atoms with Gasteiger partial charge in [0.05, 0.1) is 17.9 Å². The average Bonchev–Trinajstić information content (AvgIpc) is 2.85. The molecule has 3 rings (SSSR count). The molecular formula is C19H17NO4. The van der Waals surface area contributed by atoms with Crippen LogP contribution in [-0.2, 0) is 4.79 Å². The first-order valence-electron chi connectivity index (χ1n) is 7.83. The van der Waals surface area contributed by atoms with Crippen LogP contribution in [0.1, 0.15) is 34.1 Å². The minimum atomic E-state index is -0.573. The molecule has 0 unspecified atom stereocenters. The van der Waals surface area contributed by atoms with Crippen LogP contribution in [0.2, 0.25) is 0 Å². The second-order valence-corrected chi connectivity index (χ2v) is 5.43. The van der Waals surface area contributed by atoms with Crippen LogP contribution in [0.25, 0.3) is 0 Å². The Hall–Kier alpha value is -2.95. The molecule has 0 saturated carbocycles. The van der Waals surface area contributed by atoms with E-state index in [1.54, 1.807) is 48.5 Å². The SMILES string of the molecule is CCOc1ccc(C(=O)CCN2C(=O)C(=O)c3ccccc32)cc1. The molecule has 0 N–H and O–H groups in total. The lowest BCUT2D eigenvalue weighted by atomic mass is 10.1. The first-order chi connectivity index (χ1) is 11.6. The van der Waals surface area contributed by atoms with Crippen LogP contribution in [0.15, 0.2) is 48.5 Å². The van der Waals surface area contributed by atoms with E-state index in [2.05, 4.69) is 0 Å². The van der Waals surface area contributed by atoms with Gasteiger partial charge in [0.1, 0.15) is 5.75 Å². The molecule has 122 valence electrons. The zero-order chi connectivity index (χ0) is 17.1. The quantitative estimate of drug-likeness (QED) is 0.606. The van der Waals surface area contributed by atoms with Crippen LogP contribution in [0.3, 0.4) is 0 Å². The van der Waals surface area contributed by atoms with Gasteiger partial charge in [-0.2, -0.15) is 0 Å². The molecular weight excluding hydrogens is 306 g/mol. The van der Waals surface area contributed by atoms with Crippen molar-refractivity contribution in [3.05, 3.63) is 59.7 Å². The number of carbonyl (C=O) groups excluding carboxylic acids is 3.